The molecule has 6 nitrogen and oxygen atoms in total. The molecule has 0 unspecified atom stereocenters. The van der Waals surface area contributed by atoms with Crippen LogP contribution in [0, 0.1) is 0 Å². The molecule has 0 aromatic heterocycles. The van der Waals surface area contributed by atoms with Gasteiger partial charge in [0.15, 0.2) is 0 Å². The van der Waals surface area contributed by atoms with Gasteiger partial charge in [0.05, 0.1) is 7.11 Å². The molecule has 0 aliphatic heterocycles. The first-order valence-electron chi connectivity index (χ1n) is 7.27. The Balaban J connectivity index is 2.38. The zero-order chi connectivity index (χ0) is 16.3. The van der Waals surface area contributed by atoms with Crippen LogP contribution in [0.2, 0.25) is 0 Å². The van der Waals surface area contributed by atoms with Gasteiger partial charge in [-0.05, 0) is 31.0 Å². The van der Waals surface area contributed by atoms with Crippen LogP contribution in [0.5, 0.6) is 5.75 Å². The number of ether oxygens (including phenoxy) is 1. The summed E-state index contributed by atoms with van der Waals surface area (Å²) in [7, 11) is 0.945. The molecule has 0 bridgehead atoms. The SMILES string of the molecule is COc1ccc(C(=O)N(C)C)cc1S(=O)(=O)NC1CCCC1. The third-order valence-corrected chi connectivity index (χ3v) is 5.32. The number of carbonyl (C=O) groups is 1. The van der Waals surface area contributed by atoms with Gasteiger partial charge >= 0.3 is 0 Å². The van der Waals surface area contributed by atoms with Crippen LogP contribution in [0.3, 0.4) is 0 Å². The molecule has 2 rings (SSSR count). The minimum Gasteiger partial charge on any atom is -0.495 e. The average molecular weight is 326 g/mol. The largest absolute Gasteiger partial charge is 0.495 e. The quantitative estimate of drug-likeness (QED) is 0.892. The fourth-order valence-electron chi connectivity index (χ4n) is 2.60. The number of benzene rings is 1. The summed E-state index contributed by atoms with van der Waals surface area (Å²) in [6, 6.07) is 4.41. The number of sulfonamides is 1. The molecule has 1 aliphatic carbocycles. The molecule has 7 heteroatoms. The first kappa shape index (κ1) is 16.8. The molecular formula is C15H22N2O4S. The van der Waals surface area contributed by atoms with E-state index in [0.29, 0.717) is 5.56 Å². The van der Waals surface area contributed by atoms with Crippen molar-refractivity contribution in [2.75, 3.05) is 21.2 Å². The molecule has 1 aliphatic rings. The van der Waals surface area contributed by atoms with Gasteiger partial charge in [-0.1, -0.05) is 12.8 Å². The number of hydrogen-bond donors (Lipinski definition) is 1. The van der Waals surface area contributed by atoms with E-state index in [1.807, 2.05) is 0 Å². The van der Waals surface area contributed by atoms with E-state index >= 15 is 0 Å². The molecular weight excluding hydrogens is 304 g/mol. The van der Waals surface area contributed by atoms with Crippen molar-refractivity contribution < 1.29 is 17.9 Å². The second-order valence-corrected chi connectivity index (χ2v) is 7.35. The molecule has 0 saturated heterocycles. The lowest BCUT2D eigenvalue weighted by molar-refractivity contribution is 0.0827. The smallest absolute Gasteiger partial charge is 0.253 e. The van der Waals surface area contributed by atoms with E-state index in [0.717, 1.165) is 25.7 Å². The van der Waals surface area contributed by atoms with Gasteiger partial charge in [-0.2, -0.15) is 0 Å². The Labute approximate surface area is 131 Å². The molecule has 22 heavy (non-hydrogen) atoms. The highest BCUT2D eigenvalue weighted by Crippen LogP contribution is 2.27. The van der Waals surface area contributed by atoms with Crippen LogP contribution in [-0.4, -0.2) is 46.5 Å². The van der Waals surface area contributed by atoms with Gasteiger partial charge in [0, 0.05) is 25.7 Å². The first-order chi connectivity index (χ1) is 10.3. The van der Waals surface area contributed by atoms with E-state index < -0.39 is 10.0 Å². The van der Waals surface area contributed by atoms with Gasteiger partial charge in [-0.3, -0.25) is 4.79 Å². The van der Waals surface area contributed by atoms with Gasteiger partial charge in [0.25, 0.3) is 5.91 Å². The molecule has 0 atom stereocenters. The Morgan fingerprint density at radius 2 is 1.91 bits per heavy atom. The molecule has 0 heterocycles. The number of rotatable bonds is 5. The summed E-state index contributed by atoms with van der Waals surface area (Å²) in [5, 5.41) is 0. The van der Waals surface area contributed by atoms with E-state index in [4.69, 9.17) is 4.74 Å². The van der Waals surface area contributed by atoms with Crippen LogP contribution in [0.1, 0.15) is 36.0 Å². The van der Waals surface area contributed by atoms with Crippen molar-refractivity contribution in [3.8, 4) is 5.75 Å². The minimum absolute atomic E-state index is 0.00889. The van der Waals surface area contributed by atoms with Crippen molar-refractivity contribution in [3.63, 3.8) is 0 Å². The normalized spacial score (nSPS) is 15.8. The van der Waals surface area contributed by atoms with Crippen molar-refractivity contribution in [2.24, 2.45) is 0 Å². The molecule has 0 radical (unpaired) electrons. The summed E-state index contributed by atoms with van der Waals surface area (Å²) in [5.74, 6) is -0.0132. The zero-order valence-electron chi connectivity index (χ0n) is 13.1. The molecule has 0 spiro atoms. The molecule has 122 valence electrons. The van der Waals surface area contributed by atoms with Crippen molar-refractivity contribution in [2.45, 2.75) is 36.6 Å². The van der Waals surface area contributed by atoms with Crippen LogP contribution >= 0.6 is 0 Å². The summed E-state index contributed by atoms with van der Waals surface area (Å²) in [6.45, 7) is 0. The van der Waals surface area contributed by atoms with Crippen LogP contribution in [0.15, 0.2) is 23.1 Å². The Kier molecular flexibility index (Phi) is 5.08. The summed E-state index contributed by atoms with van der Waals surface area (Å²) >= 11 is 0. The fourth-order valence-corrected chi connectivity index (χ4v) is 4.10. The van der Waals surface area contributed by atoms with E-state index in [1.54, 1.807) is 20.2 Å². The molecule has 1 amide bonds. The van der Waals surface area contributed by atoms with Crippen LogP contribution < -0.4 is 9.46 Å². The molecule has 1 saturated carbocycles. The maximum atomic E-state index is 12.6. The maximum Gasteiger partial charge on any atom is 0.253 e. The Hall–Kier alpha value is -1.60. The predicted molar refractivity (Wildman–Crippen MR) is 83.6 cm³/mol. The third kappa shape index (κ3) is 3.59. The lowest BCUT2D eigenvalue weighted by Crippen LogP contribution is -2.33. The third-order valence-electron chi connectivity index (χ3n) is 3.78. The number of nitrogens with zero attached hydrogens (tertiary/aromatic N) is 1. The van der Waals surface area contributed by atoms with Crippen molar-refractivity contribution in [3.05, 3.63) is 23.8 Å². The second-order valence-electron chi connectivity index (χ2n) is 5.67. The van der Waals surface area contributed by atoms with Gasteiger partial charge in [0.2, 0.25) is 10.0 Å². The summed E-state index contributed by atoms with van der Waals surface area (Å²) in [6.07, 6.45) is 3.75. The number of methoxy groups -OCH3 is 1. The van der Waals surface area contributed by atoms with E-state index in [-0.39, 0.29) is 22.6 Å². The summed E-state index contributed by atoms with van der Waals surface area (Å²) in [5.41, 5.74) is 0.317. The average Bonchev–Trinajstić information content (AvgIpc) is 2.97. The Bertz CT molecular complexity index is 650. The van der Waals surface area contributed by atoms with Crippen molar-refractivity contribution >= 4 is 15.9 Å². The monoisotopic (exact) mass is 326 g/mol. The van der Waals surface area contributed by atoms with Gasteiger partial charge < -0.3 is 9.64 Å². The number of carbonyl (C=O) groups excluding carboxylic acids is 1. The van der Waals surface area contributed by atoms with Crippen LogP contribution in [-0.2, 0) is 10.0 Å². The standard InChI is InChI=1S/C15H22N2O4S/c1-17(2)15(18)11-8-9-13(21-3)14(10-11)22(19,20)16-12-6-4-5-7-12/h8-10,12,16H,4-7H2,1-3H3. The Morgan fingerprint density at radius 1 is 1.27 bits per heavy atom. The molecule has 1 aromatic carbocycles. The number of nitrogens with one attached hydrogen (secondary N) is 1. The predicted octanol–water partition coefficient (Wildman–Crippen LogP) is 1.62. The lowest BCUT2D eigenvalue weighted by atomic mass is 10.2. The van der Waals surface area contributed by atoms with Crippen LogP contribution in [0.4, 0.5) is 0 Å². The van der Waals surface area contributed by atoms with Crippen LogP contribution in [0.25, 0.3) is 0 Å². The minimum atomic E-state index is -3.71. The highest BCUT2D eigenvalue weighted by atomic mass is 32.2. The zero-order valence-corrected chi connectivity index (χ0v) is 13.9. The fraction of sp³-hybridized carbons (Fsp3) is 0.533. The van der Waals surface area contributed by atoms with Crippen molar-refractivity contribution in [1.82, 2.24) is 9.62 Å². The summed E-state index contributed by atoms with van der Waals surface area (Å²) < 4.78 is 33.0. The van der Waals surface area contributed by atoms with Gasteiger partial charge in [0.1, 0.15) is 10.6 Å². The van der Waals surface area contributed by atoms with E-state index in [1.165, 1.54) is 24.1 Å². The Morgan fingerprint density at radius 3 is 2.45 bits per heavy atom. The van der Waals surface area contributed by atoms with Gasteiger partial charge in [-0.25, -0.2) is 13.1 Å². The second kappa shape index (κ2) is 6.66. The lowest BCUT2D eigenvalue weighted by Gasteiger charge is -2.16. The molecule has 1 fully saturated rings. The summed E-state index contributed by atoms with van der Waals surface area (Å²) in [4.78, 5) is 13.5. The van der Waals surface area contributed by atoms with Gasteiger partial charge in [-0.15, -0.1) is 0 Å². The van der Waals surface area contributed by atoms with Crippen molar-refractivity contribution in [1.29, 1.82) is 0 Å². The maximum absolute atomic E-state index is 12.6. The van der Waals surface area contributed by atoms with E-state index in [2.05, 4.69) is 4.72 Å². The highest BCUT2D eigenvalue weighted by molar-refractivity contribution is 7.89. The molecule has 1 N–H and O–H groups in total. The molecule has 1 aromatic rings. The van der Waals surface area contributed by atoms with E-state index in [9.17, 15) is 13.2 Å². The number of amides is 1. The topological polar surface area (TPSA) is 75.7 Å². The highest BCUT2D eigenvalue weighted by Gasteiger charge is 2.26. The first-order valence-corrected chi connectivity index (χ1v) is 8.75. The number of hydrogen-bond acceptors (Lipinski definition) is 4.